The Labute approximate surface area is 91.2 Å². The summed E-state index contributed by atoms with van der Waals surface area (Å²) in [6, 6.07) is 0. The molecule has 0 bridgehead atoms. The molecule has 7 heteroatoms. The van der Waals surface area contributed by atoms with Crippen molar-refractivity contribution in [2.24, 2.45) is 0 Å². The van der Waals surface area contributed by atoms with Gasteiger partial charge < -0.3 is 4.40 Å². The molecule has 0 saturated heterocycles. The summed E-state index contributed by atoms with van der Waals surface area (Å²) in [6.45, 7) is 0. The molecule has 0 N–H and O–H groups in total. The van der Waals surface area contributed by atoms with Gasteiger partial charge in [-0.3, -0.25) is 4.98 Å². The number of aromatic nitrogens is 3. The zero-order valence-electron chi connectivity index (χ0n) is 7.67. The average molecular weight is 246 g/mol. The second kappa shape index (κ2) is 3.79. The maximum atomic E-state index is 10.8. The van der Waals surface area contributed by atoms with Crippen molar-refractivity contribution in [2.75, 3.05) is 5.75 Å². The van der Waals surface area contributed by atoms with E-state index in [9.17, 15) is 8.42 Å². The number of aryl methyl sites for hydroxylation is 1. The van der Waals surface area contributed by atoms with Crippen LogP contribution in [0.2, 0.25) is 0 Å². The molecule has 0 amide bonds. The van der Waals surface area contributed by atoms with Crippen molar-refractivity contribution >= 4 is 25.4 Å². The third-order valence-corrected chi connectivity index (χ3v) is 3.15. The monoisotopic (exact) mass is 245 g/mol. The second-order valence-electron chi connectivity index (χ2n) is 3.05. The average Bonchev–Trinajstić information content (AvgIpc) is 2.57. The van der Waals surface area contributed by atoms with Crippen LogP contribution in [-0.2, 0) is 15.5 Å². The van der Waals surface area contributed by atoms with E-state index in [1.807, 2.05) is 0 Å². The minimum absolute atomic E-state index is 0.0926. The van der Waals surface area contributed by atoms with Gasteiger partial charge in [0.25, 0.3) is 0 Å². The fourth-order valence-electron chi connectivity index (χ4n) is 1.31. The predicted octanol–water partition coefficient (Wildman–Crippen LogP) is 0.840. The molecule has 15 heavy (non-hydrogen) atoms. The summed E-state index contributed by atoms with van der Waals surface area (Å²) in [4.78, 5) is 7.99. The largest absolute Gasteiger partial charge is 0.301 e. The quantitative estimate of drug-likeness (QED) is 0.752. The number of imidazole rings is 1. The second-order valence-corrected chi connectivity index (χ2v) is 5.94. The molecule has 0 radical (unpaired) electrons. The van der Waals surface area contributed by atoms with Gasteiger partial charge in [0.15, 0.2) is 5.65 Å². The highest BCUT2D eigenvalue weighted by atomic mass is 35.7. The van der Waals surface area contributed by atoms with Crippen LogP contribution in [0.3, 0.4) is 0 Å². The van der Waals surface area contributed by atoms with E-state index in [1.165, 1.54) is 0 Å². The van der Waals surface area contributed by atoms with E-state index >= 15 is 0 Å². The van der Waals surface area contributed by atoms with Crippen molar-refractivity contribution in [3.63, 3.8) is 0 Å². The van der Waals surface area contributed by atoms with Gasteiger partial charge in [-0.25, -0.2) is 13.4 Å². The molecule has 5 nitrogen and oxygen atoms in total. The van der Waals surface area contributed by atoms with Crippen molar-refractivity contribution in [1.29, 1.82) is 0 Å². The summed E-state index contributed by atoms with van der Waals surface area (Å²) in [7, 11) is 1.68. The Morgan fingerprint density at radius 3 is 2.93 bits per heavy atom. The topological polar surface area (TPSA) is 64.3 Å². The van der Waals surface area contributed by atoms with Crippen LogP contribution in [0.1, 0.15) is 5.69 Å². The van der Waals surface area contributed by atoms with Crippen molar-refractivity contribution in [3.05, 3.63) is 30.5 Å². The number of hydrogen-bond donors (Lipinski definition) is 0. The van der Waals surface area contributed by atoms with E-state index in [2.05, 4.69) is 9.97 Å². The van der Waals surface area contributed by atoms with E-state index in [1.54, 1.807) is 29.2 Å². The first-order chi connectivity index (χ1) is 7.06. The van der Waals surface area contributed by atoms with Crippen molar-refractivity contribution in [3.8, 4) is 0 Å². The predicted molar refractivity (Wildman–Crippen MR) is 56.3 cm³/mol. The van der Waals surface area contributed by atoms with Gasteiger partial charge >= 0.3 is 0 Å². The van der Waals surface area contributed by atoms with E-state index in [4.69, 9.17) is 10.7 Å². The van der Waals surface area contributed by atoms with Gasteiger partial charge in [0, 0.05) is 41.4 Å². The molecular weight excluding hydrogens is 238 g/mol. The molecule has 0 spiro atoms. The minimum atomic E-state index is -3.45. The molecule has 0 atom stereocenters. The van der Waals surface area contributed by atoms with E-state index in [0.717, 1.165) is 5.69 Å². The van der Waals surface area contributed by atoms with Crippen LogP contribution in [0.15, 0.2) is 24.8 Å². The Balaban J connectivity index is 2.29. The molecule has 0 aliphatic heterocycles. The van der Waals surface area contributed by atoms with Gasteiger partial charge in [0.2, 0.25) is 9.05 Å². The number of hydrogen-bond acceptors (Lipinski definition) is 4. The molecule has 0 aromatic carbocycles. The Morgan fingerprint density at radius 1 is 1.40 bits per heavy atom. The van der Waals surface area contributed by atoms with Gasteiger partial charge in [0.05, 0.1) is 11.9 Å². The summed E-state index contributed by atoms with van der Waals surface area (Å²) >= 11 is 0. The lowest BCUT2D eigenvalue weighted by molar-refractivity contribution is 0.608. The zero-order chi connectivity index (χ0) is 10.9. The molecule has 0 aliphatic rings. The zero-order valence-corrected chi connectivity index (χ0v) is 9.24. The molecule has 80 valence electrons. The smallest absolute Gasteiger partial charge is 0.232 e. The lowest BCUT2D eigenvalue weighted by Gasteiger charge is -1.98. The molecule has 2 rings (SSSR count). The third-order valence-electron chi connectivity index (χ3n) is 2.00. The molecular formula is C8H8ClN3O2S. The van der Waals surface area contributed by atoms with Crippen LogP contribution in [0.4, 0.5) is 0 Å². The van der Waals surface area contributed by atoms with Crippen LogP contribution in [0.25, 0.3) is 5.65 Å². The van der Waals surface area contributed by atoms with Crippen molar-refractivity contribution in [2.45, 2.75) is 6.42 Å². The molecule has 2 heterocycles. The number of rotatable bonds is 3. The summed E-state index contributed by atoms with van der Waals surface area (Å²) in [5, 5.41) is 0. The van der Waals surface area contributed by atoms with Crippen LogP contribution >= 0.6 is 10.7 Å². The SMILES string of the molecule is O=S(=O)(Cl)CCc1cnc2cnccn12. The molecule has 0 unspecified atom stereocenters. The van der Waals surface area contributed by atoms with Crippen molar-refractivity contribution < 1.29 is 8.42 Å². The van der Waals surface area contributed by atoms with Gasteiger partial charge in [-0.15, -0.1) is 0 Å². The van der Waals surface area contributed by atoms with E-state index < -0.39 is 9.05 Å². The van der Waals surface area contributed by atoms with E-state index in [-0.39, 0.29) is 5.75 Å². The number of halogens is 1. The Bertz CT molecular complexity index is 578. The summed E-state index contributed by atoms with van der Waals surface area (Å²) < 4.78 is 23.4. The Morgan fingerprint density at radius 2 is 2.20 bits per heavy atom. The van der Waals surface area contributed by atoms with Crippen LogP contribution in [0, 0.1) is 0 Å². The Kier molecular flexibility index (Phi) is 2.62. The van der Waals surface area contributed by atoms with Gasteiger partial charge in [-0.1, -0.05) is 0 Å². The van der Waals surface area contributed by atoms with Gasteiger partial charge in [-0.05, 0) is 0 Å². The highest BCUT2D eigenvalue weighted by molar-refractivity contribution is 8.13. The van der Waals surface area contributed by atoms with Crippen LogP contribution in [0.5, 0.6) is 0 Å². The maximum absolute atomic E-state index is 10.8. The standard InChI is InChI=1S/C8H8ClN3O2S/c9-15(13,14)4-1-7-5-11-8-6-10-2-3-12(7)8/h2-3,5-6H,1,4H2. The van der Waals surface area contributed by atoms with Crippen LogP contribution in [-0.4, -0.2) is 28.5 Å². The fourth-order valence-corrected chi connectivity index (χ4v) is 1.99. The van der Waals surface area contributed by atoms with Crippen LogP contribution < -0.4 is 0 Å². The summed E-state index contributed by atoms with van der Waals surface area (Å²) in [6.07, 6.45) is 6.93. The number of nitrogens with zero attached hydrogens (tertiary/aromatic N) is 3. The minimum Gasteiger partial charge on any atom is -0.301 e. The lowest BCUT2D eigenvalue weighted by atomic mass is 10.4. The van der Waals surface area contributed by atoms with Gasteiger partial charge in [0.1, 0.15) is 0 Å². The fraction of sp³-hybridized carbons (Fsp3) is 0.250. The molecule has 0 saturated carbocycles. The molecule has 2 aromatic rings. The first kappa shape index (κ1) is 10.4. The first-order valence-corrected chi connectivity index (χ1v) is 6.72. The third kappa shape index (κ3) is 2.45. The normalized spacial score (nSPS) is 12.1. The highest BCUT2D eigenvalue weighted by Crippen LogP contribution is 2.07. The highest BCUT2D eigenvalue weighted by Gasteiger charge is 2.08. The van der Waals surface area contributed by atoms with E-state index in [0.29, 0.717) is 12.1 Å². The number of fused-ring (bicyclic) bond motifs is 1. The first-order valence-electron chi connectivity index (χ1n) is 4.24. The van der Waals surface area contributed by atoms with Gasteiger partial charge in [-0.2, -0.15) is 0 Å². The van der Waals surface area contributed by atoms with Crippen molar-refractivity contribution in [1.82, 2.24) is 14.4 Å². The Hall–Kier alpha value is -1.14. The molecule has 0 aliphatic carbocycles. The molecule has 2 aromatic heterocycles. The lowest BCUT2D eigenvalue weighted by Crippen LogP contribution is -2.03. The summed E-state index contributed by atoms with van der Waals surface area (Å²) in [5.74, 6) is -0.0926. The summed E-state index contributed by atoms with van der Waals surface area (Å²) in [5.41, 5.74) is 1.50. The maximum Gasteiger partial charge on any atom is 0.232 e. The molecule has 0 fully saturated rings.